The van der Waals surface area contributed by atoms with Crippen LogP contribution in [0.5, 0.6) is 0 Å². The van der Waals surface area contributed by atoms with Crippen molar-refractivity contribution in [3.05, 3.63) is 18.5 Å². The van der Waals surface area contributed by atoms with E-state index in [1.165, 1.54) is 44.9 Å². The maximum absolute atomic E-state index is 10.3. The molecule has 1 aliphatic heterocycles. The van der Waals surface area contributed by atoms with Crippen molar-refractivity contribution in [2.45, 2.75) is 63.6 Å². The predicted molar refractivity (Wildman–Crippen MR) is 79.4 cm³/mol. The number of likely N-dealkylation sites (tertiary alicyclic amines) is 1. The quantitative estimate of drug-likeness (QED) is 0.898. The molecule has 2 aliphatic rings. The normalized spacial score (nSPS) is 26.9. The van der Waals surface area contributed by atoms with Crippen molar-refractivity contribution in [3.63, 3.8) is 0 Å². The van der Waals surface area contributed by atoms with Crippen LogP contribution in [0.3, 0.4) is 0 Å². The topological polar surface area (TPSA) is 41.3 Å². The van der Waals surface area contributed by atoms with Gasteiger partial charge in [-0.3, -0.25) is 9.58 Å². The van der Waals surface area contributed by atoms with Crippen LogP contribution in [0.2, 0.25) is 0 Å². The van der Waals surface area contributed by atoms with E-state index >= 15 is 0 Å². The molecule has 2 atom stereocenters. The second-order valence-corrected chi connectivity index (χ2v) is 6.48. The van der Waals surface area contributed by atoms with E-state index in [-0.39, 0.29) is 6.10 Å². The summed E-state index contributed by atoms with van der Waals surface area (Å²) < 4.78 is 1.83. The number of aliphatic hydroxyl groups excluding tert-OH is 1. The lowest BCUT2D eigenvalue weighted by molar-refractivity contribution is 0.0684. The van der Waals surface area contributed by atoms with Gasteiger partial charge in [0.2, 0.25) is 0 Å². The average Bonchev–Trinajstić information content (AvgIpc) is 3.11. The first kappa shape index (κ1) is 14.1. The average molecular weight is 277 g/mol. The summed E-state index contributed by atoms with van der Waals surface area (Å²) in [7, 11) is 0. The Kier molecular flexibility index (Phi) is 4.73. The largest absolute Gasteiger partial charge is 0.390 e. The van der Waals surface area contributed by atoms with Crippen LogP contribution >= 0.6 is 0 Å². The maximum atomic E-state index is 10.3. The third kappa shape index (κ3) is 3.41. The maximum Gasteiger partial charge on any atom is 0.0862 e. The van der Waals surface area contributed by atoms with Gasteiger partial charge in [-0.2, -0.15) is 5.10 Å². The number of rotatable bonds is 5. The van der Waals surface area contributed by atoms with E-state index in [1.54, 1.807) is 6.20 Å². The second kappa shape index (κ2) is 6.72. The zero-order valence-corrected chi connectivity index (χ0v) is 12.3. The van der Waals surface area contributed by atoms with Gasteiger partial charge in [-0.1, -0.05) is 19.3 Å². The Balaban J connectivity index is 1.52. The molecule has 2 heterocycles. The second-order valence-electron chi connectivity index (χ2n) is 6.48. The van der Waals surface area contributed by atoms with Gasteiger partial charge in [-0.15, -0.1) is 0 Å². The molecule has 4 nitrogen and oxygen atoms in total. The number of aromatic nitrogens is 2. The van der Waals surface area contributed by atoms with Crippen molar-refractivity contribution in [1.82, 2.24) is 14.7 Å². The molecule has 1 aromatic heterocycles. The lowest BCUT2D eigenvalue weighted by Crippen LogP contribution is -2.42. The van der Waals surface area contributed by atoms with E-state index in [0.717, 1.165) is 25.0 Å². The molecular formula is C16H27N3O. The van der Waals surface area contributed by atoms with Crippen molar-refractivity contribution in [2.24, 2.45) is 5.92 Å². The Morgan fingerprint density at radius 1 is 1.10 bits per heavy atom. The monoisotopic (exact) mass is 277 g/mol. The Labute approximate surface area is 121 Å². The van der Waals surface area contributed by atoms with Crippen molar-refractivity contribution in [2.75, 3.05) is 13.1 Å². The molecular weight excluding hydrogens is 250 g/mol. The first-order valence-corrected chi connectivity index (χ1v) is 8.22. The van der Waals surface area contributed by atoms with E-state index in [9.17, 15) is 5.11 Å². The lowest BCUT2D eigenvalue weighted by atomic mass is 9.83. The summed E-state index contributed by atoms with van der Waals surface area (Å²) >= 11 is 0. The molecule has 3 rings (SSSR count). The van der Waals surface area contributed by atoms with Crippen LogP contribution < -0.4 is 0 Å². The highest BCUT2D eigenvalue weighted by Gasteiger charge is 2.33. The Morgan fingerprint density at radius 2 is 1.95 bits per heavy atom. The zero-order chi connectivity index (χ0) is 13.8. The fourth-order valence-electron chi connectivity index (χ4n) is 4.08. The zero-order valence-electron chi connectivity index (χ0n) is 12.3. The highest BCUT2D eigenvalue weighted by Crippen LogP contribution is 2.34. The number of nitrogens with zero attached hydrogens (tertiary/aromatic N) is 3. The van der Waals surface area contributed by atoms with Crippen molar-refractivity contribution >= 4 is 0 Å². The SMILES string of the molecule is OC(CN1CCCC1C1CCCCC1)Cn1cccn1. The van der Waals surface area contributed by atoms with E-state index in [2.05, 4.69) is 10.00 Å². The van der Waals surface area contributed by atoms with Crippen LogP contribution in [0.4, 0.5) is 0 Å². The summed E-state index contributed by atoms with van der Waals surface area (Å²) in [5, 5.41) is 14.5. The van der Waals surface area contributed by atoms with E-state index in [1.807, 2.05) is 16.9 Å². The van der Waals surface area contributed by atoms with Crippen LogP contribution in [-0.2, 0) is 6.54 Å². The van der Waals surface area contributed by atoms with E-state index < -0.39 is 0 Å². The molecule has 0 aromatic carbocycles. The Hall–Kier alpha value is -0.870. The minimum atomic E-state index is -0.306. The highest BCUT2D eigenvalue weighted by atomic mass is 16.3. The van der Waals surface area contributed by atoms with Crippen LogP contribution in [0, 0.1) is 5.92 Å². The molecule has 2 unspecified atom stereocenters. The van der Waals surface area contributed by atoms with Gasteiger partial charge in [-0.25, -0.2) is 0 Å². The third-order valence-corrected chi connectivity index (χ3v) is 5.01. The van der Waals surface area contributed by atoms with Gasteiger partial charge in [0.05, 0.1) is 12.6 Å². The molecule has 0 radical (unpaired) electrons. The van der Waals surface area contributed by atoms with E-state index in [0.29, 0.717) is 6.54 Å². The number of aliphatic hydroxyl groups is 1. The Morgan fingerprint density at radius 3 is 2.70 bits per heavy atom. The van der Waals surface area contributed by atoms with Gasteiger partial charge >= 0.3 is 0 Å². The molecule has 1 aliphatic carbocycles. The Bertz CT molecular complexity index is 386. The first-order chi connectivity index (χ1) is 9.83. The molecule has 112 valence electrons. The van der Waals surface area contributed by atoms with Gasteiger partial charge in [-0.05, 0) is 44.2 Å². The van der Waals surface area contributed by atoms with Crippen LogP contribution in [0.15, 0.2) is 18.5 Å². The fourth-order valence-corrected chi connectivity index (χ4v) is 4.08. The molecule has 1 N–H and O–H groups in total. The molecule has 0 amide bonds. The summed E-state index contributed by atoms with van der Waals surface area (Å²) in [5.74, 6) is 0.878. The van der Waals surface area contributed by atoms with Crippen LogP contribution in [0.1, 0.15) is 44.9 Å². The minimum absolute atomic E-state index is 0.306. The third-order valence-electron chi connectivity index (χ3n) is 5.01. The number of hydrogen-bond donors (Lipinski definition) is 1. The molecule has 1 saturated heterocycles. The molecule has 0 spiro atoms. The molecule has 20 heavy (non-hydrogen) atoms. The lowest BCUT2D eigenvalue weighted by Gasteiger charge is -2.35. The molecule has 1 saturated carbocycles. The summed E-state index contributed by atoms with van der Waals surface area (Å²) in [5.41, 5.74) is 0. The first-order valence-electron chi connectivity index (χ1n) is 8.22. The smallest absolute Gasteiger partial charge is 0.0862 e. The highest BCUT2D eigenvalue weighted by molar-refractivity contribution is 4.88. The molecule has 4 heteroatoms. The summed E-state index contributed by atoms with van der Waals surface area (Å²) in [6.45, 7) is 2.58. The summed E-state index contributed by atoms with van der Waals surface area (Å²) in [4.78, 5) is 2.55. The summed E-state index contributed by atoms with van der Waals surface area (Å²) in [6, 6.07) is 2.63. The van der Waals surface area contributed by atoms with Crippen LogP contribution in [-0.4, -0.2) is 45.0 Å². The van der Waals surface area contributed by atoms with Gasteiger partial charge < -0.3 is 5.11 Å². The van der Waals surface area contributed by atoms with Gasteiger partial charge in [0.15, 0.2) is 0 Å². The minimum Gasteiger partial charge on any atom is -0.390 e. The van der Waals surface area contributed by atoms with Gasteiger partial charge in [0.25, 0.3) is 0 Å². The number of β-amino-alcohol motifs (C(OH)–C–C–N with tert-alkyl or cyclic N) is 1. The fraction of sp³-hybridized carbons (Fsp3) is 0.812. The van der Waals surface area contributed by atoms with Gasteiger partial charge in [0, 0.05) is 25.0 Å². The molecule has 0 bridgehead atoms. The van der Waals surface area contributed by atoms with Crippen molar-refractivity contribution in [3.8, 4) is 0 Å². The predicted octanol–water partition coefficient (Wildman–Crippen LogP) is 2.29. The van der Waals surface area contributed by atoms with Crippen molar-refractivity contribution < 1.29 is 5.11 Å². The number of hydrogen-bond acceptors (Lipinski definition) is 3. The molecule has 1 aromatic rings. The van der Waals surface area contributed by atoms with E-state index in [4.69, 9.17) is 0 Å². The van der Waals surface area contributed by atoms with Crippen LogP contribution in [0.25, 0.3) is 0 Å². The van der Waals surface area contributed by atoms with Crippen molar-refractivity contribution in [1.29, 1.82) is 0 Å². The van der Waals surface area contributed by atoms with Gasteiger partial charge in [0.1, 0.15) is 0 Å². The molecule has 2 fully saturated rings. The summed E-state index contributed by atoms with van der Waals surface area (Å²) in [6.07, 6.45) is 13.1. The standard InChI is InChI=1S/C16H27N3O/c20-15(13-19-11-5-9-17-19)12-18-10-4-8-16(18)14-6-2-1-3-7-14/h5,9,11,14-16,20H,1-4,6-8,10,12-13H2.